The average molecular weight is 203 g/mol. The van der Waals surface area contributed by atoms with Gasteiger partial charge in [0.25, 0.3) is 0 Å². The van der Waals surface area contributed by atoms with Crippen molar-refractivity contribution < 1.29 is 9.53 Å². The molecule has 0 amide bonds. The molecule has 0 radical (unpaired) electrons. The van der Waals surface area contributed by atoms with Crippen molar-refractivity contribution in [2.24, 2.45) is 0 Å². The molecule has 1 heterocycles. The highest BCUT2D eigenvalue weighted by molar-refractivity contribution is 8.01. The minimum atomic E-state index is -0.310. The number of thioether (sulfide) groups is 1. The monoisotopic (exact) mass is 203 g/mol. The molecule has 0 fully saturated rings. The van der Waals surface area contributed by atoms with Crippen molar-refractivity contribution in [1.29, 1.82) is 0 Å². The first-order valence-electron chi connectivity index (χ1n) is 3.45. The Bertz CT molecular complexity index is 272. The van der Waals surface area contributed by atoms with Crippen molar-refractivity contribution in [2.45, 2.75) is 11.3 Å². The Balaban J connectivity index is 2.70. The fourth-order valence-electron chi connectivity index (χ4n) is 0.643. The third-order valence-electron chi connectivity index (χ3n) is 1.14. The molecule has 0 bridgehead atoms. The van der Waals surface area contributed by atoms with E-state index in [1.54, 1.807) is 18.0 Å². The summed E-state index contributed by atoms with van der Waals surface area (Å²) in [7, 11) is 1.37. The number of nitrogens with zero attached hydrogens (tertiary/aromatic N) is 1. The first-order valence-corrected chi connectivity index (χ1v) is 5.25. The van der Waals surface area contributed by atoms with Crippen molar-refractivity contribution in [3.05, 3.63) is 11.1 Å². The smallest absolute Gasteiger partial charge is 0.349 e. The molecule has 0 N–H and O–H groups in total. The Hall–Kier alpha value is -0.550. The zero-order valence-electron chi connectivity index (χ0n) is 6.86. The van der Waals surface area contributed by atoms with Gasteiger partial charge in [-0.15, -0.1) is 11.3 Å². The van der Waals surface area contributed by atoms with Gasteiger partial charge in [0.05, 0.1) is 13.3 Å². The largest absolute Gasteiger partial charge is 0.465 e. The highest BCUT2D eigenvalue weighted by Crippen LogP contribution is 2.23. The van der Waals surface area contributed by atoms with Crippen LogP contribution in [0.5, 0.6) is 0 Å². The number of ether oxygens (including phenoxy) is 1. The van der Waals surface area contributed by atoms with Gasteiger partial charge >= 0.3 is 5.97 Å². The molecule has 0 aliphatic heterocycles. The summed E-state index contributed by atoms with van der Waals surface area (Å²) >= 11 is 2.99. The Morgan fingerprint density at radius 2 is 2.58 bits per heavy atom. The maximum absolute atomic E-state index is 11.0. The molecule has 1 rings (SSSR count). The van der Waals surface area contributed by atoms with Crippen LogP contribution in [0.25, 0.3) is 0 Å². The summed E-state index contributed by atoms with van der Waals surface area (Å²) in [6, 6.07) is 0. The van der Waals surface area contributed by atoms with Gasteiger partial charge in [-0.05, 0) is 5.75 Å². The zero-order valence-corrected chi connectivity index (χ0v) is 8.50. The molecular weight excluding hydrogens is 194 g/mol. The molecule has 3 nitrogen and oxygen atoms in total. The molecule has 5 heteroatoms. The van der Waals surface area contributed by atoms with Gasteiger partial charge in [-0.25, -0.2) is 9.78 Å². The third kappa shape index (κ3) is 2.22. The lowest BCUT2D eigenvalue weighted by Crippen LogP contribution is -1.96. The van der Waals surface area contributed by atoms with E-state index >= 15 is 0 Å². The van der Waals surface area contributed by atoms with Crippen LogP contribution in [0.15, 0.2) is 10.5 Å². The molecule has 0 aromatic carbocycles. The van der Waals surface area contributed by atoms with Crippen LogP contribution in [0.4, 0.5) is 0 Å². The minimum absolute atomic E-state index is 0.310. The van der Waals surface area contributed by atoms with Crippen LogP contribution < -0.4 is 0 Å². The van der Waals surface area contributed by atoms with Gasteiger partial charge in [0.2, 0.25) is 0 Å². The van der Waals surface area contributed by atoms with Crippen LogP contribution in [0.1, 0.15) is 16.6 Å². The van der Waals surface area contributed by atoms with E-state index in [-0.39, 0.29) is 5.97 Å². The topological polar surface area (TPSA) is 39.2 Å². The van der Waals surface area contributed by atoms with Gasteiger partial charge in [0.15, 0.2) is 4.34 Å². The quantitative estimate of drug-likeness (QED) is 0.556. The zero-order chi connectivity index (χ0) is 8.97. The van der Waals surface area contributed by atoms with E-state index in [0.717, 1.165) is 10.1 Å². The summed E-state index contributed by atoms with van der Waals surface area (Å²) in [6.07, 6.45) is 1.55. The first kappa shape index (κ1) is 9.54. The number of esters is 1. The van der Waals surface area contributed by atoms with E-state index in [1.165, 1.54) is 18.4 Å². The van der Waals surface area contributed by atoms with Crippen LogP contribution in [0, 0.1) is 0 Å². The number of hydrogen-bond acceptors (Lipinski definition) is 5. The molecular formula is C7H9NO2S2. The summed E-state index contributed by atoms with van der Waals surface area (Å²) in [4.78, 5) is 15.6. The summed E-state index contributed by atoms with van der Waals surface area (Å²) in [5.74, 6) is 0.657. The SMILES string of the molecule is CCSc1ncc(C(=O)OC)s1. The van der Waals surface area contributed by atoms with E-state index < -0.39 is 0 Å². The van der Waals surface area contributed by atoms with Gasteiger partial charge in [0, 0.05) is 0 Å². The molecule has 0 saturated carbocycles. The van der Waals surface area contributed by atoms with E-state index in [2.05, 4.69) is 9.72 Å². The van der Waals surface area contributed by atoms with Crippen molar-refractivity contribution in [2.75, 3.05) is 12.9 Å². The van der Waals surface area contributed by atoms with E-state index in [9.17, 15) is 4.79 Å². The number of rotatable bonds is 3. The predicted octanol–water partition coefficient (Wildman–Crippen LogP) is 2.04. The molecule has 0 saturated heterocycles. The van der Waals surface area contributed by atoms with Crippen molar-refractivity contribution in [1.82, 2.24) is 4.98 Å². The van der Waals surface area contributed by atoms with Gasteiger partial charge in [0.1, 0.15) is 4.88 Å². The van der Waals surface area contributed by atoms with Gasteiger partial charge in [-0.3, -0.25) is 0 Å². The standard InChI is InChI=1S/C7H9NO2S2/c1-3-11-7-8-4-5(12-7)6(9)10-2/h4H,3H2,1-2H3. The summed E-state index contributed by atoms with van der Waals surface area (Å²) in [5, 5.41) is 0. The predicted molar refractivity (Wildman–Crippen MR) is 49.9 cm³/mol. The molecule has 1 aromatic rings. The number of carbonyl (C=O) groups is 1. The molecule has 66 valence electrons. The maximum Gasteiger partial charge on any atom is 0.349 e. The molecule has 12 heavy (non-hydrogen) atoms. The molecule has 0 aliphatic rings. The number of hydrogen-bond donors (Lipinski definition) is 0. The molecule has 0 spiro atoms. The molecule has 0 unspecified atom stereocenters. The van der Waals surface area contributed by atoms with Crippen LogP contribution >= 0.6 is 23.1 Å². The van der Waals surface area contributed by atoms with Crippen molar-refractivity contribution in [3.8, 4) is 0 Å². The van der Waals surface area contributed by atoms with E-state index in [1.807, 2.05) is 6.92 Å². The second-order valence-corrected chi connectivity index (χ2v) is 4.46. The molecule has 0 atom stereocenters. The van der Waals surface area contributed by atoms with Crippen molar-refractivity contribution in [3.63, 3.8) is 0 Å². The van der Waals surface area contributed by atoms with E-state index in [0.29, 0.717) is 4.88 Å². The van der Waals surface area contributed by atoms with Crippen LogP contribution in [0.2, 0.25) is 0 Å². The van der Waals surface area contributed by atoms with Gasteiger partial charge in [-0.1, -0.05) is 18.7 Å². The summed E-state index contributed by atoms with van der Waals surface area (Å²) in [6.45, 7) is 2.05. The minimum Gasteiger partial charge on any atom is -0.465 e. The number of aromatic nitrogens is 1. The second kappa shape index (κ2) is 4.47. The van der Waals surface area contributed by atoms with Crippen molar-refractivity contribution >= 4 is 29.1 Å². The Kier molecular flexibility index (Phi) is 3.55. The Morgan fingerprint density at radius 3 is 3.17 bits per heavy atom. The number of carbonyl (C=O) groups excluding carboxylic acids is 1. The van der Waals surface area contributed by atoms with E-state index in [4.69, 9.17) is 0 Å². The third-order valence-corrected chi connectivity index (χ3v) is 3.16. The highest BCUT2D eigenvalue weighted by Gasteiger charge is 2.09. The number of methoxy groups -OCH3 is 1. The fraction of sp³-hybridized carbons (Fsp3) is 0.429. The van der Waals surface area contributed by atoms with Crippen LogP contribution in [-0.4, -0.2) is 23.8 Å². The highest BCUT2D eigenvalue weighted by atomic mass is 32.2. The lowest BCUT2D eigenvalue weighted by molar-refractivity contribution is 0.0606. The lowest BCUT2D eigenvalue weighted by atomic mass is 10.6. The second-order valence-electron chi connectivity index (χ2n) is 1.92. The summed E-state index contributed by atoms with van der Waals surface area (Å²) in [5.41, 5.74) is 0. The van der Waals surface area contributed by atoms with Gasteiger partial charge in [-0.2, -0.15) is 0 Å². The average Bonchev–Trinajstić information content (AvgIpc) is 2.52. The summed E-state index contributed by atoms with van der Waals surface area (Å²) < 4.78 is 5.46. The van der Waals surface area contributed by atoms with Crippen LogP contribution in [0.3, 0.4) is 0 Å². The lowest BCUT2D eigenvalue weighted by Gasteiger charge is -1.90. The Labute approximate surface area is 79.1 Å². The van der Waals surface area contributed by atoms with Gasteiger partial charge < -0.3 is 4.74 Å². The van der Waals surface area contributed by atoms with Crippen LogP contribution in [-0.2, 0) is 4.74 Å². The normalized spacial score (nSPS) is 9.83. The maximum atomic E-state index is 11.0. The Morgan fingerprint density at radius 1 is 1.83 bits per heavy atom. The molecule has 0 aliphatic carbocycles. The number of thiazole rings is 1. The fourth-order valence-corrected chi connectivity index (χ4v) is 2.44. The molecule has 1 aromatic heterocycles. The first-order chi connectivity index (χ1) is 5.77.